The molecular formula is C8H19Cl2OP. The summed E-state index contributed by atoms with van der Waals surface area (Å²) in [7, 11) is 0. The molecule has 0 aromatic rings. The zero-order chi connectivity index (χ0) is 9.45. The molecule has 0 aliphatic carbocycles. The summed E-state index contributed by atoms with van der Waals surface area (Å²) in [6.07, 6.45) is 5.06. The van der Waals surface area contributed by atoms with Gasteiger partial charge in [-0.2, -0.15) is 0 Å². The molecule has 4 heteroatoms. The van der Waals surface area contributed by atoms with Crippen molar-refractivity contribution in [2.24, 2.45) is 0 Å². The molecule has 0 aliphatic heterocycles. The SMILES string of the molecule is CCCCCCCC[PH](O)(Cl)Cl. The predicted octanol–water partition coefficient (Wildman–Crippen LogP) is 4.31. The molecule has 0 atom stereocenters. The number of unbranched alkanes of at least 4 members (excludes halogenated alkanes) is 5. The van der Waals surface area contributed by atoms with Crippen LogP contribution in [0.5, 0.6) is 0 Å². The second-order valence-electron chi connectivity index (χ2n) is 3.18. The standard InChI is InChI=1S/C8H19Cl2OP/c1-2-3-4-5-6-7-8-12(9,10)11/h11-12H,2-8H2,1H3. The summed E-state index contributed by atoms with van der Waals surface area (Å²) in [6, 6.07) is 0. The Kier molecular flexibility index (Phi) is 7.98. The first-order chi connectivity index (χ1) is 5.56. The Morgan fingerprint density at radius 1 is 1.00 bits per heavy atom. The van der Waals surface area contributed by atoms with E-state index in [1.807, 2.05) is 0 Å². The molecule has 1 N–H and O–H groups in total. The Hall–Kier alpha value is 0.970. The van der Waals surface area contributed by atoms with E-state index in [1.165, 1.54) is 25.7 Å². The van der Waals surface area contributed by atoms with Gasteiger partial charge in [-0.1, -0.05) is 0 Å². The number of rotatable bonds is 7. The molecule has 0 unspecified atom stereocenters. The van der Waals surface area contributed by atoms with Gasteiger partial charge in [-0.25, -0.2) is 0 Å². The minimum atomic E-state index is -2.78. The summed E-state index contributed by atoms with van der Waals surface area (Å²) in [5, 5.41) is 0. The van der Waals surface area contributed by atoms with Gasteiger partial charge in [-0.05, 0) is 0 Å². The molecule has 0 aromatic heterocycles. The van der Waals surface area contributed by atoms with Crippen molar-refractivity contribution in [1.29, 1.82) is 0 Å². The van der Waals surface area contributed by atoms with Crippen molar-refractivity contribution in [2.45, 2.75) is 45.4 Å². The zero-order valence-electron chi connectivity index (χ0n) is 7.65. The van der Waals surface area contributed by atoms with Crippen molar-refractivity contribution in [3.8, 4) is 0 Å². The molecule has 0 heterocycles. The van der Waals surface area contributed by atoms with Crippen LogP contribution < -0.4 is 0 Å². The van der Waals surface area contributed by atoms with E-state index < -0.39 is 6.19 Å². The van der Waals surface area contributed by atoms with E-state index in [4.69, 9.17) is 27.4 Å². The predicted molar refractivity (Wildman–Crippen MR) is 60.5 cm³/mol. The number of halogens is 2. The second-order valence-corrected chi connectivity index (χ2v) is 9.35. The van der Waals surface area contributed by atoms with Crippen LogP contribution in [0.25, 0.3) is 0 Å². The van der Waals surface area contributed by atoms with Gasteiger partial charge in [0.25, 0.3) is 0 Å². The van der Waals surface area contributed by atoms with Gasteiger partial charge >= 0.3 is 85.2 Å². The third-order valence-electron chi connectivity index (χ3n) is 1.83. The molecule has 1 nitrogen and oxygen atoms in total. The van der Waals surface area contributed by atoms with Crippen LogP contribution in [0.4, 0.5) is 0 Å². The Morgan fingerprint density at radius 3 is 2.00 bits per heavy atom. The molecular weight excluding hydrogens is 214 g/mol. The van der Waals surface area contributed by atoms with Crippen LogP contribution in [0.2, 0.25) is 0 Å². The van der Waals surface area contributed by atoms with Crippen molar-refractivity contribution in [3.63, 3.8) is 0 Å². The van der Waals surface area contributed by atoms with E-state index in [0.29, 0.717) is 6.16 Å². The van der Waals surface area contributed by atoms with Gasteiger partial charge in [0.1, 0.15) is 0 Å². The zero-order valence-corrected chi connectivity index (χ0v) is 10.2. The normalized spacial score (nSPS) is 13.3. The summed E-state index contributed by atoms with van der Waals surface area (Å²) in [6.45, 7) is 2.20. The van der Waals surface area contributed by atoms with E-state index >= 15 is 0 Å². The Bertz CT molecular complexity index is 104. The minimum absolute atomic E-state index is 0.613. The second kappa shape index (κ2) is 7.38. The summed E-state index contributed by atoms with van der Waals surface area (Å²) >= 11 is 11.1. The van der Waals surface area contributed by atoms with Gasteiger partial charge in [0.15, 0.2) is 0 Å². The Balaban J connectivity index is 3.01. The van der Waals surface area contributed by atoms with Crippen LogP contribution in [-0.4, -0.2) is 11.1 Å². The van der Waals surface area contributed by atoms with Crippen LogP contribution in [0.1, 0.15) is 45.4 Å². The third-order valence-corrected chi connectivity index (χ3v) is 3.92. The van der Waals surface area contributed by atoms with Gasteiger partial charge in [0.05, 0.1) is 0 Å². The number of hydrogen-bond donors (Lipinski definition) is 1. The summed E-state index contributed by atoms with van der Waals surface area (Å²) in [5.41, 5.74) is 0. The molecule has 0 aromatic carbocycles. The molecule has 0 saturated carbocycles. The van der Waals surface area contributed by atoms with Crippen molar-refractivity contribution in [1.82, 2.24) is 0 Å². The van der Waals surface area contributed by atoms with E-state index in [9.17, 15) is 0 Å². The quantitative estimate of drug-likeness (QED) is 0.513. The van der Waals surface area contributed by atoms with Gasteiger partial charge in [0, 0.05) is 0 Å². The van der Waals surface area contributed by atoms with Crippen LogP contribution in [0.15, 0.2) is 0 Å². The first kappa shape index (κ1) is 13.0. The maximum atomic E-state index is 9.09. The summed E-state index contributed by atoms with van der Waals surface area (Å²) in [4.78, 5) is 9.09. The van der Waals surface area contributed by atoms with Crippen LogP contribution in [-0.2, 0) is 0 Å². The fourth-order valence-electron chi connectivity index (χ4n) is 1.12. The van der Waals surface area contributed by atoms with E-state index in [-0.39, 0.29) is 0 Å². The monoisotopic (exact) mass is 232 g/mol. The van der Waals surface area contributed by atoms with E-state index in [0.717, 1.165) is 12.8 Å². The molecule has 0 saturated heterocycles. The summed E-state index contributed by atoms with van der Waals surface area (Å²) in [5.74, 6) is 0. The van der Waals surface area contributed by atoms with Gasteiger partial charge < -0.3 is 0 Å². The van der Waals surface area contributed by atoms with Crippen molar-refractivity contribution < 1.29 is 4.89 Å². The van der Waals surface area contributed by atoms with Crippen molar-refractivity contribution in [2.75, 3.05) is 6.16 Å². The van der Waals surface area contributed by atoms with Crippen molar-refractivity contribution >= 4 is 28.7 Å². The maximum absolute atomic E-state index is 9.09. The van der Waals surface area contributed by atoms with E-state index in [2.05, 4.69) is 6.92 Å². The first-order valence-electron chi connectivity index (χ1n) is 4.66. The Labute approximate surface area is 85.5 Å². The average Bonchev–Trinajstić information content (AvgIpc) is 1.94. The fourth-order valence-corrected chi connectivity index (χ4v) is 2.60. The Morgan fingerprint density at radius 2 is 1.50 bits per heavy atom. The third kappa shape index (κ3) is 11.0. The molecule has 0 aliphatic rings. The molecule has 0 fully saturated rings. The average molecular weight is 233 g/mol. The molecule has 0 spiro atoms. The number of hydrogen-bond acceptors (Lipinski definition) is 1. The topological polar surface area (TPSA) is 20.2 Å². The molecule has 0 amide bonds. The molecule has 76 valence electrons. The van der Waals surface area contributed by atoms with Crippen molar-refractivity contribution in [3.05, 3.63) is 0 Å². The van der Waals surface area contributed by atoms with Crippen LogP contribution >= 0.6 is 28.7 Å². The molecule has 12 heavy (non-hydrogen) atoms. The molecule has 0 bridgehead atoms. The molecule has 0 radical (unpaired) electrons. The van der Waals surface area contributed by atoms with Gasteiger partial charge in [-0.3, -0.25) is 0 Å². The van der Waals surface area contributed by atoms with Gasteiger partial charge in [-0.15, -0.1) is 0 Å². The van der Waals surface area contributed by atoms with E-state index in [1.54, 1.807) is 0 Å². The summed E-state index contributed by atoms with van der Waals surface area (Å²) < 4.78 is 0. The van der Waals surface area contributed by atoms with Crippen LogP contribution in [0.3, 0.4) is 0 Å². The van der Waals surface area contributed by atoms with Crippen LogP contribution in [0, 0.1) is 0 Å². The first-order valence-corrected chi connectivity index (χ1v) is 8.84. The van der Waals surface area contributed by atoms with Gasteiger partial charge in [0.2, 0.25) is 0 Å². The fraction of sp³-hybridized carbons (Fsp3) is 1.00. The molecule has 0 rings (SSSR count).